The topological polar surface area (TPSA) is 37.4 Å². The highest BCUT2D eigenvalue weighted by molar-refractivity contribution is 7.34. The maximum absolute atomic E-state index is 16.1. The summed E-state index contributed by atoms with van der Waals surface area (Å²) in [7, 11) is 0. The molecule has 0 saturated carbocycles. The van der Waals surface area contributed by atoms with E-state index in [2.05, 4.69) is 0 Å². The zero-order valence-corrected chi connectivity index (χ0v) is 49.3. The largest absolute Gasteiger partial charge is 0.458 e. The lowest BCUT2D eigenvalue weighted by atomic mass is 9.30. The lowest BCUT2D eigenvalue weighted by molar-refractivity contribution is -0.138. The number of halogens is 15. The lowest BCUT2D eigenvalue weighted by Gasteiger charge is -2.46. The van der Waals surface area contributed by atoms with E-state index in [9.17, 15) is 26.3 Å². The van der Waals surface area contributed by atoms with Crippen LogP contribution in [-0.4, -0.2) is 20.1 Å². The molecule has 26 heteroatoms. The van der Waals surface area contributed by atoms with Gasteiger partial charge in [-0.3, -0.25) is 0 Å². The summed E-state index contributed by atoms with van der Waals surface area (Å²) in [4.78, 5) is 4.85. The first kappa shape index (κ1) is 57.7. The summed E-state index contributed by atoms with van der Waals surface area (Å²) in [5, 5.41) is -0.0516. The summed E-state index contributed by atoms with van der Waals surface area (Å²) >= 11 is 2.14. The second-order valence-electron chi connectivity index (χ2n) is 23.8. The van der Waals surface area contributed by atoms with Crippen molar-refractivity contribution < 1.29 is 80.1 Å². The van der Waals surface area contributed by atoms with Crippen molar-refractivity contribution in [2.24, 2.45) is 0 Å². The van der Waals surface area contributed by atoms with Gasteiger partial charge in [0, 0.05) is 92.4 Å². The molecule has 0 radical (unpaired) electrons. The number of thiophene rings is 2. The van der Waals surface area contributed by atoms with Gasteiger partial charge in [-0.1, -0.05) is 66.7 Å². The molecule has 10 aromatic carbocycles. The normalized spacial score (nSPS) is 14.8. The first-order chi connectivity index (χ1) is 45.2. The summed E-state index contributed by atoms with van der Waals surface area (Å²) in [5.41, 5.74) is -1.65. The first-order valence-electron chi connectivity index (χ1n) is 29.2. The second-order valence-corrected chi connectivity index (χ2v) is 25.9. The Kier molecular flexibility index (Phi) is 11.8. The van der Waals surface area contributed by atoms with Crippen LogP contribution in [0.1, 0.15) is 27.8 Å². The fourth-order valence-electron chi connectivity index (χ4n) is 14.6. The molecule has 0 bridgehead atoms. The Balaban J connectivity index is 0.969. The molecular weight excluding hydrogens is 1300 g/mol. The fourth-order valence-corrected chi connectivity index (χ4v) is 17.1. The molecule has 6 aliphatic heterocycles. The third-order valence-corrected chi connectivity index (χ3v) is 20.9. The molecule has 0 aliphatic carbocycles. The first-order valence-corrected chi connectivity index (χ1v) is 30.9. The molecule has 0 N–H and O–H groups in total. The molecule has 466 valence electrons. The van der Waals surface area contributed by atoms with Crippen LogP contribution in [0, 0.1) is 0 Å². The van der Waals surface area contributed by atoms with Gasteiger partial charge in [-0.2, -0.15) is 65.9 Å². The molecule has 0 atom stereocenters. The molecule has 0 saturated heterocycles. The molecule has 0 spiro atoms. The van der Waals surface area contributed by atoms with Crippen LogP contribution in [-0.2, 0) is 30.9 Å². The van der Waals surface area contributed by atoms with E-state index in [-0.39, 0.29) is 90.3 Å². The molecule has 18 rings (SSSR count). The van der Waals surface area contributed by atoms with Crippen molar-refractivity contribution >= 4 is 162 Å². The van der Waals surface area contributed by atoms with Gasteiger partial charge in [0.2, 0.25) is 0 Å². The van der Waals surface area contributed by atoms with Crippen molar-refractivity contribution in [1.82, 2.24) is 0 Å². The second kappa shape index (κ2) is 19.4. The molecule has 12 aromatic rings. The Morgan fingerprint density at radius 3 is 1.08 bits per heavy atom. The van der Waals surface area contributed by atoms with E-state index in [1.165, 1.54) is 18.2 Å². The van der Waals surface area contributed by atoms with Gasteiger partial charge in [0.05, 0.1) is 27.8 Å². The molecule has 6 aliphatic rings. The van der Waals surface area contributed by atoms with Gasteiger partial charge in [-0.15, -0.1) is 22.7 Å². The van der Waals surface area contributed by atoms with E-state index in [1.54, 1.807) is 118 Å². The lowest BCUT2D eigenvalue weighted by Crippen LogP contribution is -2.65. The van der Waals surface area contributed by atoms with E-state index >= 15 is 39.5 Å². The Bertz CT molecular complexity index is 5350. The summed E-state index contributed by atoms with van der Waals surface area (Å²) in [6.07, 6.45) is -24.7. The van der Waals surface area contributed by atoms with Crippen molar-refractivity contribution in [1.29, 1.82) is 0 Å². The summed E-state index contributed by atoms with van der Waals surface area (Å²) < 4.78 is 248. The van der Waals surface area contributed by atoms with Crippen molar-refractivity contribution in [2.75, 3.05) is 14.7 Å². The highest BCUT2D eigenvalue weighted by Crippen LogP contribution is 2.53. The highest BCUT2D eigenvalue weighted by atomic mass is 32.1. The molecule has 8 heterocycles. The van der Waals surface area contributed by atoms with Crippen LogP contribution >= 0.6 is 22.7 Å². The summed E-state index contributed by atoms with van der Waals surface area (Å²) in [6.45, 7) is -3.36. The number of para-hydroxylation sites is 3. The number of nitrogens with zero attached hydrogens (tertiary/aromatic N) is 3. The van der Waals surface area contributed by atoms with E-state index in [0.717, 1.165) is 83.3 Å². The Morgan fingerprint density at radius 1 is 0.284 bits per heavy atom. The van der Waals surface area contributed by atoms with Gasteiger partial charge < -0.3 is 28.9 Å². The minimum atomic E-state index is -5.03. The van der Waals surface area contributed by atoms with Gasteiger partial charge in [0.1, 0.15) is 34.5 Å². The number of benzene rings is 10. The molecule has 0 unspecified atom stereocenters. The van der Waals surface area contributed by atoms with Gasteiger partial charge in [-0.05, 0) is 148 Å². The number of anilines is 9. The van der Waals surface area contributed by atoms with Crippen LogP contribution in [0.5, 0.6) is 34.5 Å². The number of hydrogen-bond acceptors (Lipinski definition) is 8. The number of fused-ring (bicyclic) bond motifs is 16. The highest BCUT2D eigenvalue weighted by Gasteiger charge is 2.53. The van der Waals surface area contributed by atoms with Crippen LogP contribution < -0.4 is 76.7 Å². The van der Waals surface area contributed by atoms with E-state index in [1.807, 2.05) is 6.07 Å². The zero-order valence-electron chi connectivity index (χ0n) is 47.7. The standard InChI is InChI=1S/C69H31B3F15N3O3S2/c73-65(74,75)32-16-18-56-40(20-32)61-63(94-56)71-44-28-42-46(30-47(44)89(38-12-6-2-7-13-38)51-24-35(68(82,83)84)25-53(92-61)59(51)71)88(37-10-4-1-5-11-37)49-22-34(67(79,80)81)23-50-58(49)70(42)43-29-45-52(31-48(43)90(50)39-14-8-3-9-15-39)91-54-26-36(69(85,86)87)27-55-60(54)72(45)64-62(93-55)41-21-33(66(76,77)78)17-19-57(41)95-64/h1-31H. The maximum Gasteiger partial charge on any atom is 0.416 e. The van der Waals surface area contributed by atoms with Crippen molar-refractivity contribution in [3.63, 3.8) is 0 Å². The monoisotopic (exact) mass is 1330 g/mol. The average molecular weight is 1330 g/mol. The van der Waals surface area contributed by atoms with Crippen LogP contribution in [0.4, 0.5) is 117 Å². The smallest absolute Gasteiger partial charge is 0.416 e. The number of alkyl halides is 15. The Morgan fingerprint density at radius 2 is 0.642 bits per heavy atom. The van der Waals surface area contributed by atoms with Gasteiger partial charge in [0.25, 0.3) is 20.1 Å². The number of ether oxygens (including phenoxy) is 3. The van der Waals surface area contributed by atoms with Crippen molar-refractivity contribution in [3.05, 3.63) is 216 Å². The molecule has 6 nitrogen and oxygen atoms in total. The van der Waals surface area contributed by atoms with Crippen LogP contribution in [0.15, 0.2) is 188 Å². The average Bonchev–Trinajstić information content (AvgIpc) is 1.39. The van der Waals surface area contributed by atoms with E-state index in [0.29, 0.717) is 63.3 Å². The van der Waals surface area contributed by atoms with Crippen LogP contribution in [0.3, 0.4) is 0 Å². The molecule has 95 heavy (non-hydrogen) atoms. The van der Waals surface area contributed by atoms with Crippen molar-refractivity contribution in [3.8, 4) is 34.5 Å². The Labute approximate surface area is 535 Å². The maximum atomic E-state index is 16.1. The van der Waals surface area contributed by atoms with Gasteiger partial charge in [0.15, 0.2) is 0 Å². The van der Waals surface area contributed by atoms with Gasteiger partial charge >= 0.3 is 30.9 Å². The summed E-state index contributed by atoms with van der Waals surface area (Å²) in [5.74, 6) is -1.25. The van der Waals surface area contributed by atoms with Crippen LogP contribution in [0.2, 0.25) is 0 Å². The molecule has 0 amide bonds. The number of rotatable bonds is 3. The third kappa shape index (κ3) is 8.50. The predicted octanol–water partition coefficient (Wildman–Crippen LogP) is 16.4. The van der Waals surface area contributed by atoms with Gasteiger partial charge in [-0.25, -0.2) is 0 Å². The SMILES string of the molecule is FC(F)(F)c1cc2c3c(c1)Oc1c(sc4ccc(C(F)(F)F)cc14)B3c1cc3c(cc1O2)N(c1ccccc1)c1cc(C(F)(F)F)cc2c1B3c1cc3c(cc1N2c1ccccc1)N(c1ccccc1)c1cc(C(F)(F)F)cc2c1B3c1sc3ccc(C(F)(F)F)cc3c1O2. The quantitative estimate of drug-likeness (QED) is 0.130. The molecule has 0 fully saturated rings. The molecule has 2 aromatic heterocycles. The zero-order chi connectivity index (χ0) is 65.5. The van der Waals surface area contributed by atoms with Crippen LogP contribution in [0.25, 0.3) is 20.2 Å². The van der Waals surface area contributed by atoms with Crippen molar-refractivity contribution in [2.45, 2.75) is 30.9 Å². The minimum absolute atomic E-state index is 0.00973. The minimum Gasteiger partial charge on any atom is -0.458 e. The summed E-state index contributed by atoms with van der Waals surface area (Å²) in [6, 6.07) is 43.4. The Hall–Kier alpha value is -9.94. The predicted molar refractivity (Wildman–Crippen MR) is 340 cm³/mol. The van der Waals surface area contributed by atoms with E-state index < -0.39 is 78.8 Å². The third-order valence-electron chi connectivity index (χ3n) is 18.4. The molecular formula is C69H31B3F15N3O3S2. The number of hydrogen-bond donors (Lipinski definition) is 0. The van der Waals surface area contributed by atoms with E-state index in [4.69, 9.17) is 14.2 Å². The fraction of sp³-hybridized carbons (Fsp3) is 0.0725.